The predicted octanol–water partition coefficient (Wildman–Crippen LogP) is 4.17. The largest absolute Gasteiger partial charge is 0.507 e. The maximum atomic E-state index is 13.7. The zero-order valence-corrected chi connectivity index (χ0v) is 32.0. The molecule has 10 atom stereocenters. The fourth-order valence-corrected chi connectivity index (χ4v) is 7.25. The second-order valence-corrected chi connectivity index (χ2v) is 14.6. The number of carbonyl (C=O) groups excluding carboxylic acids is 4. The number of nitrogens with zero attached hydrogens (tertiary/aromatic N) is 1. The summed E-state index contributed by atoms with van der Waals surface area (Å²) in [7, 11) is 1.43. The molecule has 0 fully saturated rings. The highest BCUT2D eigenvalue weighted by Gasteiger charge is 2.51. The van der Waals surface area contributed by atoms with Gasteiger partial charge in [0.2, 0.25) is 5.78 Å². The van der Waals surface area contributed by atoms with Crippen LogP contribution in [-0.4, -0.2) is 86.2 Å². The van der Waals surface area contributed by atoms with E-state index in [0.717, 1.165) is 6.08 Å². The number of amides is 1. The Morgan fingerprint density at radius 3 is 2.35 bits per heavy atom. The Morgan fingerprint density at radius 2 is 1.69 bits per heavy atom. The molecule has 14 nitrogen and oxygen atoms in total. The lowest BCUT2D eigenvalue weighted by molar-refractivity contribution is -0.181. The number of carbonyl (C=O) groups is 4. The van der Waals surface area contributed by atoms with E-state index in [0.29, 0.717) is 0 Å². The molecule has 6 rings (SSSR count). The lowest BCUT2D eigenvalue weighted by Crippen LogP contribution is -2.46. The van der Waals surface area contributed by atoms with Crippen LogP contribution in [-0.2, 0) is 19.0 Å². The molecule has 1 aliphatic carbocycles. The molecule has 1 aromatic heterocycles. The summed E-state index contributed by atoms with van der Waals surface area (Å²) in [4.78, 5) is 57.8. The Hall–Kier alpha value is -5.15. The first-order valence-electron chi connectivity index (χ1n) is 18.0. The van der Waals surface area contributed by atoms with Crippen molar-refractivity contribution in [2.75, 3.05) is 7.11 Å². The molecule has 5 N–H and O–H groups in total. The number of aliphatic hydroxyl groups is 3. The third-order valence-corrected chi connectivity index (χ3v) is 10.8. The standard InChI is InChI=1S/C41H48N2O12/c1-19-11-9-12-20(2)39(50)43-26-17-27(44)29-30(35(26)48)34(47)24(6)37-31(29)38(49)41(7,55-37)53-16-14-28(52-8)21(3)36(23(5)33(46)22(4)32(19)45)54-40(51)25-13-10-15-42-18-25/h9-19,21-23,28,32-33,36,38,45-47,49H,1-8H3,(H,43,50)/b11-9+,16-14+,20-12-/t19-,21+,22+,23+,28-,32-,33+,36+,38?,41-/m0/s1. The van der Waals surface area contributed by atoms with Crippen molar-refractivity contribution >= 4 is 23.4 Å². The van der Waals surface area contributed by atoms with Gasteiger partial charge in [0.05, 0.1) is 41.4 Å². The minimum Gasteiger partial charge on any atom is -0.507 e. The van der Waals surface area contributed by atoms with Gasteiger partial charge in [-0.2, -0.15) is 0 Å². The van der Waals surface area contributed by atoms with Crippen molar-refractivity contribution in [3.05, 3.63) is 100 Å². The van der Waals surface area contributed by atoms with Crippen LogP contribution < -0.4 is 10.1 Å². The molecule has 14 heteroatoms. The van der Waals surface area contributed by atoms with E-state index in [-0.39, 0.29) is 39.3 Å². The van der Waals surface area contributed by atoms with Crippen LogP contribution in [0, 0.1) is 30.6 Å². The van der Waals surface area contributed by atoms with E-state index in [1.165, 1.54) is 58.7 Å². The van der Waals surface area contributed by atoms with E-state index >= 15 is 0 Å². The number of aliphatic hydroxyl groups excluding tert-OH is 3. The van der Waals surface area contributed by atoms with Gasteiger partial charge >= 0.3 is 5.97 Å². The number of methoxy groups -OCH3 is 1. The van der Waals surface area contributed by atoms with Gasteiger partial charge in [0, 0.05) is 78.4 Å². The Balaban J connectivity index is 1.58. The van der Waals surface area contributed by atoms with Crippen molar-refractivity contribution in [2.24, 2.45) is 23.7 Å². The molecular formula is C41H48N2O12. The molecule has 294 valence electrons. The van der Waals surface area contributed by atoms with E-state index in [4.69, 9.17) is 18.9 Å². The molecule has 5 bridgehead atoms. The van der Waals surface area contributed by atoms with Gasteiger partial charge in [-0.15, -0.1) is 0 Å². The third kappa shape index (κ3) is 7.85. The molecule has 1 unspecified atom stereocenters. The normalized spacial score (nSPS) is 33.7. The monoisotopic (exact) mass is 760 g/mol. The number of phenols is 1. The molecule has 0 saturated heterocycles. The summed E-state index contributed by atoms with van der Waals surface area (Å²) in [5.74, 6) is -8.11. The molecule has 4 heterocycles. The van der Waals surface area contributed by atoms with Gasteiger partial charge in [-0.3, -0.25) is 19.4 Å². The number of nitrogens with one attached hydrogen (secondary N) is 1. The number of ketones is 2. The van der Waals surface area contributed by atoms with Crippen LogP contribution in [0.15, 0.2) is 72.4 Å². The van der Waals surface area contributed by atoms with E-state index in [9.17, 15) is 39.6 Å². The molecule has 3 aliphatic heterocycles. The number of aromatic nitrogens is 1. The number of Topliss-reactive ketones (excluding diaryl/α,β-unsaturated/α-hetero) is 1. The quantitative estimate of drug-likeness (QED) is 0.279. The van der Waals surface area contributed by atoms with Gasteiger partial charge in [-0.05, 0) is 32.1 Å². The van der Waals surface area contributed by atoms with Gasteiger partial charge in [0.1, 0.15) is 17.6 Å². The molecule has 1 amide bonds. The van der Waals surface area contributed by atoms with Crippen molar-refractivity contribution in [1.82, 2.24) is 10.3 Å². The average molecular weight is 761 g/mol. The summed E-state index contributed by atoms with van der Waals surface area (Å²) in [6.07, 6.45) is 5.49. The summed E-state index contributed by atoms with van der Waals surface area (Å²) >= 11 is 0. The van der Waals surface area contributed by atoms with Crippen molar-refractivity contribution in [1.29, 1.82) is 0 Å². The number of fused-ring (bicyclic) bond motifs is 14. The van der Waals surface area contributed by atoms with E-state index < -0.39 is 94.7 Å². The number of hydrogen-bond acceptors (Lipinski definition) is 13. The maximum Gasteiger partial charge on any atom is 0.339 e. The molecule has 2 aromatic rings. The van der Waals surface area contributed by atoms with Gasteiger partial charge < -0.3 is 44.7 Å². The van der Waals surface area contributed by atoms with Crippen molar-refractivity contribution in [3.63, 3.8) is 0 Å². The van der Waals surface area contributed by atoms with Gasteiger partial charge in [-0.25, -0.2) is 4.79 Å². The van der Waals surface area contributed by atoms with Crippen molar-refractivity contribution in [3.8, 4) is 11.5 Å². The van der Waals surface area contributed by atoms with Gasteiger partial charge in [0.25, 0.3) is 11.7 Å². The molecule has 1 aromatic carbocycles. The average Bonchev–Trinajstić information content (AvgIpc) is 3.43. The van der Waals surface area contributed by atoms with Crippen LogP contribution >= 0.6 is 0 Å². The van der Waals surface area contributed by atoms with E-state index in [1.807, 2.05) is 0 Å². The lowest BCUT2D eigenvalue weighted by atomic mass is 9.78. The number of allylic oxidation sites excluding steroid dienone is 4. The summed E-state index contributed by atoms with van der Waals surface area (Å²) in [6.45, 7) is 11.2. The Morgan fingerprint density at radius 1 is 0.982 bits per heavy atom. The van der Waals surface area contributed by atoms with Gasteiger partial charge in [-0.1, -0.05) is 45.9 Å². The molecule has 0 radical (unpaired) electrons. The number of benzene rings is 1. The second-order valence-electron chi connectivity index (χ2n) is 14.6. The molecule has 4 aliphatic rings. The number of esters is 1. The summed E-state index contributed by atoms with van der Waals surface area (Å²) < 4.78 is 23.9. The lowest BCUT2D eigenvalue weighted by Gasteiger charge is -2.38. The van der Waals surface area contributed by atoms with Crippen LogP contribution in [0.2, 0.25) is 0 Å². The molecule has 55 heavy (non-hydrogen) atoms. The fourth-order valence-electron chi connectivity index (χ4n) is 7.25. The maximum absolute atomic E-state index is 13.7. The zero-order valence-electron chi connectivity index (χ0n) is 32.0. The smallest absolute Gasteiger partial charge is 0.339 e. The van der Waals surface area contributed by atoms with Crippen LogP contribution in [0.4, 0.5) is 0 Å². The van der Waals surface area contributed by atoms with Crippen LogP contribution in [0.3, 0.4) is 0 Å². The first kappa shape index (κ1) is 41.0. The minimum atomic E-state index is -1.87. The number of pyridine rings is 1. The highest BCUT2D eigenvalue weighted by Crippen LogP contribution is 2.52. The number of aromatic hydroxyl groups is 1. The number of rotatable bonds is 3. The Labute approximate surface area is 319 Å². The summed E-state index contributed by atoms with van der Waals surface area (Å²) in [5, 5.41) is 48.3. The highest BCUT2D eigenvalue weighted by molar-refractivity contribution is 6.27. The number of phenolic OH excluding ortho intramolecular Hbond substituents is 1. The highest BCUT2D eigenvalue weighted by atomic mass is 16.7. The van der Waals surface area contributed by atoms with E-state index in [2.05, 4.69) is 10.3 Å². The predicted molar refractivity (Wildman–Crippen MR) is 198 cm³/mol. The molecular weight excluding hydrogens is 712 g/mol. The van der Waals surface area contributed by atoms with Crippen molar-refractivity contribution < 1.29 is 58.6 Å². The molecule has 0 spiro atoms. The molecule has 0 saturated carbocycles. The van der Waals surface area contributed by atoms with E-state index in [1.54, 1.807) is 52.0 Å². The number of hydrogen-bond donors (Lipinski definition) is 5. The van der Waals surface area contributed by atoms with Crippen LogP contribution in [0.5, 0.6) is 11.5 Å². The minimum absolute atomic E-state index is 0.0508. The van der Waals surface area contributed by atoms with Crippen molar-refractivity contribution in [2.45, 2.75) is 84.8 Å². The third-order valence-electron chi connectivity index (χ3n) is 10.8. The second kappa shape index (κ2) is 16.3. The Kier molecular flexibility index (Phi) is 12.2. The van der Waals surface area contributed by atoms with Gasteiger partial charge in [0.15, 0.2) is 11.9 Å². The topological polar surface area (TPSA) is 211 Å². The van der Waals surface area contributed by atoms with Crippen LogP contribution in [0.25, 0.3) is 0 Å². The first-order valence-corrected chi connectivity index (χ1v) is 18.0. The van der Waals surface area contributed by atoms with Crippen LogP contribution in [0.1, 0.15) is 89.8 Å². The zero-order chi connectivity index (χ0) is 40.5. The SMILES string of the molecule is CO[C@H]1/C=C/O[C@@]2(C)Oc3c(C)c(O)c4c(c3C2O)C(=O)C=C(NC(=O)/C(C)=C\C=C\[C@H](C)[C@H](O)[C@@H](C)[C@@H](O)[C@@H](C)[C@H](OC(=O)c2cccnc2)[C@@H]1C)C4=O. The fraction of sp³-hybridized carbons (Fsp3) is 0.439. The summed E-state index contributed by atoms with van der Waals surface area (Å²) in [5.41, 5.74) is -0.721. The summed E-state index contributed by atoms with van der Waals surface area (Å²) in [6, 6.07) is 3.14. The Bertz CT molecular complexity index is 1970. The number of ether oxygens (including phenoxy) is 4. The first-order chi connectivity index (χ1) is 25.9.